The molecule has 1 aromatic carbocycles. The molecule has 2 amide bonds. The van der Waals surface area contributed by atoms with Gasteiger partial charge in [-0.3, -0.25) is 0 Å². The van der Waals surface area contributed by atoms with Crippen molar-refractivity contribution in [2.24, 2.45) is 0 Å². The summed E-state index contributed by atoms with van der Waals surface area (Å²) in [5, 5.41) is 3.80. The standard InChI is InChI=1S/C23H32ClN3O4/c1-15(27(20(28)30-22(2,3)4)21(29)31-23(5,6)7)19-12-17(24)9-8-16(19)13-26-18-10-11-25-14-18/h8-12,14-15,25-26H,13H2,1-7H3. The summed E-state index contributed by atoms with van der Waals surface area (Å²) in [5.74, 6) is 0. The Kier molecular flexibility index (Phi) is 7.65. The molecule has 0 aliphatic carbocycles. The van der Waals surface area contributed by atoms with Crippen molar-refractivity contribution >= 4 is 29.5 Å². The molecule has 0 aliphatic heterocycles. The number of anilines is 1. The summed E-state index contributed by atoms with van der Waals surface area (Å²) in [5.41, 5.74) is 0.973. The normalized spacial score (nSPS) is 12.8. The maximum Gasteiger partial charge on any atom is 0.420 e. The van der Waals surface area contributed by atoms with Crippen molar-refractivity contribution in [3.63, 3.8) is 0 Å². The average Bonchev–Trinajstić information content (AvgIpc) is 3.11. The van der Waals surface area contributed by atoms with Crippen LogP contribution in [0, 0.1) is 0 Å². The maximum absolute atomic E-state index is 13.0. The number of hydrogen-bond donors (Lipinski definition) is 2. The molecule has 1 unspecified atom stereocenters. The molecule has 0 bridgehead atoms. The maximum atomic E-state index is 13.0. The Labute approximate surface area is 189 Å². The molecule has 2 rings (SSSR count). The lowest BCUT2D eigenvalue weighted by molar-refractivity contribution is -0.00614. The van der Waals surface area contributed by atoms with Crippen molar-refractivity contribution in [3.05, 3.63) is 52.8 Å². The van der Waals surface area contributed by atoms with Crippen LogP contribution in [0.5, 0.6) is 0 Å². The number of amides is 2. The fourth-order valence-corrected chi connectivity index (χ4v) is 3.08. The van der Waals surface area contributed by atoms with E-state index in [1.807, 2.05) is 24.5 Å². The number of carbonyl (C=O) groups is 2. The van der Waals surface area contributed by atoms with Crippen molar-refractivity contribution < 1.29 is 19.1 Å². The lowest BCUT2D eigenvalue weighted by Crippen LogP contribution is -2.45. The predicted molar refractivity (Wildman–Crippen MR) is 122 cm³/mol. The van der Waals surface area contributed by atoms with Crippen LogP contribution in [-0.2, 0) is 16.0 Å². The fourth-order valence-electron chi connectivity index (χ4n) is 2.90. The second-order valence-electron chi connectivity index (χ2n) is 9.30. The van der Waals surface area contributed by atoms with Gasteiger partial charge in [0.2, 0.25) is 0 Å². The van der Waals surface area contributed by atoms with Gasteiger partial charge in [-0.25, -0.2) is 14.5 Å². The summed E-state index contributed by atoms with van der Waals surface area (Å²) >= 11 is 6.26. The van der Waals surface area contributed by atoms with Crippen LogP contribution in [0.1, 0.15) is 65.6 Å². The van der Waals surface area contributed by atoms with E-state index in [4.69, 9.17) is 21.1 Å². The zero-order valence-corrected chi connectivity index (χ0v) is 20.0. The summed E-state index contributed by atoms with van der Waals surface area (Å²) in [6.45, 7) is 12.7. The van der Waals surface area contributed by atoms with E-state index < -0.39 is 29.4 Å². The first-order valence-electron chi connectivity index (χ1n) is 10.2. The first-order valence-corrected chi connectivity index (χ1v) is 10.5. The van der Waals surface area contributed by atoms with Gasteiger partial charge >= 0.3 is 12.2 Å². The Balaban J connectivity index is 2.39. The van der Waals surface area contributed by atoms with Gasteiger partial charge in [0.15, 0.2) is 0 Å². The van der Waals surface area contributed by atoms with E-state index in [-0.39, 0.29) is 0 Å². The van der Waals surface area contributed by atoms with Crippen molar-refractivity contribution in [1.29, 1.82) is 0 Å². The van der Waals surface area contributed by atoms with E-state index in [0.717, 1.165) is 16.2 Å². The monoisotopic (exact) mass is 449 g/mol. The Morgan fingerprint density at radius 1 is 1.06 bits per heavy atom. The number of aromatic amines is 1. The summed E-state index contributed by atoms with van der Waals surface area (Å²) in [6, 6.07) is 6.63. The number of nitrogens with one attached hydrogen (secondary N) is 2. The van der Waals surface area contributed by atoms with Gasteiger partial charge in [0.25, 0.3) is 0 Å². The number of aromatic nitrogens is 1. The van der Waals surface area contributed by atoms with E-state index in [1.54, 1.807) is 60.6 Å². The summed E-state index contributed by atoms with van der Waals surface area (Å²) < 4.78 is 11.0. The SMILES string of the molecule is CC(c1cc(Cl)ccc1CNc1cc[nH]c1)N(C(=O)OC(C)(C)C)C(=O)OC(C)(C)C. The summed E-state index contributed by atoms with van der Waals surface area (Å²) in [6.07, 6.45) is 2.10. The zero-order chi connectivity index (χ0) is 23.4. The lowest BCUT2D eigenvalue weighted by Gasteiger charge is -2.33. The second-order valence-corrected chi connectivity index (χ2v) is 9.74. The van der Waals surface area contributed by atoms with Gasteiger partial charge in [-0.05, 0) is 77.8 Å². The largest absolute Gasteiger partial charge is 0.443 e. The van der Waals surface area contributed by atoms with Gasteiger partial charge < -0.3 is 19.8 Å². The molecule has 31 heavy (non-hydrogen) atoms. The van der Waals surface area contributed by atoms with Crippen molar-refractivity contribution in [2.75, 3.05) is 5.32 Å². The first-order chi connectivity index (χ1) is 14.3. The molecule has 1 aromatic heterocycles. The molecule has 8 heteroatoms. The number of rotatable bonds is 5. The third-order valence-electron chi connectivity index (χ3n) is 4.21. The van der Waals surface area contributed by atoms with E-state index in [1.165, 1.54) is 0 Å². The minimum atomic E-state index is -0.779. The Hall–Kier alpha value is -2.67. The molecular weight excluding hydrogens is 418 g/mol. The molecule has 0 radical (unpaired) electrons. The molecule has 2 aromatic rings. The third-order valence-corrected chi connectivity index (χ3v) is 4.44. The number of hydrogen-bond acceptors (Lipinski definition) is 5. The molecule has 170 valence electrons. The quantitative estimate of drug-likeness (QED) is 0.543. The molecule has 1 atom stereocenters. The topological polar surface area (TPSA) is 83.7 Å². The summed E-state index contributed by atoms with van der Waals surface area (Å²) in [7, 11) is 0. The minimum absolute atomic E-state index is 0.477. The van der Waals surface area contributed by atoms with E-state index in [0.29, 0.717) is 17.1 Å². The van der Waals surface area contributed by atoms with Crippen LogP contribution in [0.2, 0.25) is 5.02 Å². The Morgan fingerprint density at radius 2 is 1.65 bits per heavy atom. The van der Waals surface area contributed by atoms with Gasteiger partial charge in [0.1, 0.15) is 11.2 Å². The van der Waals surface area contributed by atoms with Crippen LogP contribution in [0.3, 0.4) is 0 Å². The number of carbonyl (C=O) groups excluding carboxylic acids is 2. The molecule has 7 nitrogen and oxygen atoms in total. The van der Waals surface area contributed by atoms with E-state index in [9.17, 15) is 9.59 Å². The van der Waals surface area contributed by atoms with Crippen LogP contribution in [-0.4, -0.2) is 33.3 Å². The van der Waals surface area contributed by atoms with Gasteiger partial charge in [-0.15, -0.1) is 0 Å². The Morgan fingerprint density at radius 3 is 2.13 bits per heavy atom. The smallest absolute Gasteiger partial charge is 0.420 e. The number of benzene rings is 1. The highest BCUT2D eigenvalue weighted by atomic mass is 35.5. The van der Waals surface area contributed by atoms with Crippen LogP contribution in [0.15, 0.2) is 36.7 Å². The van der Waals surface area contributed by atoms with Crippen LogP contribution >= 0.6 is 11.6 Å². The van der Waals surface area contributed by atoms with Crippen LogP contribution in [0.25, 0.3) is 0 Å². The molecule has 0 saturated carbocycles. The van der Waals surface area contributed by atoms with Gasteiger partial charge in [0.05, 0.1) is 11.7 Å². The first kappa shape index (κ1) is 24.6. The minimum Gasteiger partial charge on any atom is -0.443 e. The van der Waals surface area contributed by atoms with Crippen molar-refractivity contribution in [1.82, 2.24) is 9.88 Å². The van der Waals surface area contributed by atoms with Crippen molar-refractivity contribution in [3.8, 4) is 0 Å². The number of H-pyrrole nitrogens is 1. The van der Waals surface area contributed by atoms with Gasteiger partial charge in [-0.2, -0.15) is 0 Å². The van der Waals surface area contributed by atoms with Crippen LogP contribution < -0.4 is 5.32 Å². The second kappa shape index (κ2) is 9.64. The highest BCUT2D eigenvalue weighted by molar-refractivity contribution is 6.30. The van der Waals surface area contributed by atoms with Gasteiger partial charge in [-0.1, -0.05) is 17.7 Å². The molecule has 0 aliphatic rings. The summed E-state index contributed by atoms with van der Waals surface area (Å²) in [4.78, 5) is 30.0. The zero-order valence-electron chi connectivity index (χ0n) is 19.2. The predicted octanol–water partition coefficient (Wildman–Crippen LogP) is 6.51. The van der Waals surface area contributed by atoms with Crippen LogP contribution in [0.4, 0.5) is 15.3 Å². The molecule has 0 fully saturated rings. The Bertz CT molecular complexity index is 871. The number of imide groups is 1. The molecule has 1 heterocycles. The number of nitrogens with zero attached hydrogens (tertiary/aromatic N) is 1. The molecule has 0 saturated heterocycles. The van der Waals surface area contributed by atoms with E-state index in [2.05, 4.69) is 10.3 Å². The third kappa shape index (κ3) is 7.51. The molecular formula is C23H32ClN3O4. The van der Waals surface area contributed by atoms with E-state index >= 15 is 0 Å². The fraction of sp³-hybridized carbons (Fsp3) is 0.478. The number of ether oxygens (including phenoxy) is 2. The lowest BCUT2D eigenvalue weighted by atomic mass is 10.00. The number of halogens is 1. The highest BCUT2D eigenvalue weighted by Crippen LogP contribution is 2.30. The molecule has 0 spiro atoms. The molecule has 2 N–H and O–H groups in total. The van der Waals surface area contributed by atoms with Gasteiger partial charge in [0, 0.05) is 24.0 Å². The highest BCUT2D eigenvalue weighted by Gasteiger charge is 2.36. The van der Waals surface area contributed by atoms with Crippen molar-refractivity contribution in [2.45, 2.75) is 72.3 Å². The average molecular weight is 450 g/mol.